The SMILES string of the molecule is CC(=O)N1CCN(C2CCC3NCN(CC(=O)NCc4ccc(C#N)c(Cl)c4)C(=O)C3C2)CC1. The molecule has 182 valence electrons. The molecule has 34 heavy (non-hydrogen) atoms. The van der Waals surface area contributed by atoms with Crippen LogP contribution in [0.3, 0.4) is 0 Å². The number of carbonyl (C=O) groups is 3. The van der Waals surface area contributed by atoms with Crippen molar-refractivity contribution in [3.8, 4) is 6.07 Å². The van der Waals surface area contributed by atoms with Crippen molar-refractivity contribution in [1.29, 1.82) is 5.26 Å². The Morgan fingerprint density at radius 1 is 1.24 bits per heavy atom. The summed E-state index contributed by atoms with van der Waals surface area (Å²) in [5, 5.41) is 15.6. The molecule has 1 saturated carbocycles. The lowest BCUT2D eigenvalue weighted by molar-refractivity contribution is -0.146. The molecule has 4 rings (SSSR count). The van der Waals surface area contributed by atoms with Gasteiger partial charge in [-0.15, -0.1) is 0 Å². The average Bonchev–Trinajstić information content (AvgIpc) is 2.84. The molecule has 10 heteroatoms. The molecule has 1 aromatic rings. The van der Waals surface area contributed by atoms with Gasteiger partial charge in [-0.05, 0) is 37.0 Å². The highest BCUT2D eigenvalue weighted by atomic mass is 35.5. The van der Waals surface area contributed by atoms with Gasteiger partial charge in [0.05, 0.1) is 23.2 Å². The van der Waals surface area contributed by atoms with E-state index in [9.17, 15) is 14.4 Å². The number of nitriles is 1. The molecule has 2 heterocycles. The van der Waals surface area contributed by atoms with Crippen molar-refractivity contribution in [2.45, 2.75) is 44.8 Å². The van der Waals surface area contributed by atoms with E-state index in [0.717, 1.165) is 51.0 Å². The molecule has 1 aliphatic carbocycles. The molecular formula is C24H31ClN6O3. The summed E-state index contributed by atoms with van der Waals surface area (Å²) in [7, 11) is 0. The Hall–Kier alpha value is -2.67. The highest BCUT2D eigenvalue weighted by Crippen LogP contribution is 2.32. The van der Waals surface area contributed by atoms with E-state index in [4.69, 9.17) is 16.9 Å². The van der Waals surface area contributed by atoms with Crippen molar-refractivity contribution < 1.29 is 14.4 Å². The van der Waals surface area contributed by atoms with Crippen molar-refractivity contribution in [1.82, 2.24) is 25.3 Å². The van der Waals surface area contributed by atoms with Crippen LogP contribution < -0.4 is 10.6 Å². The van der Waals surface area contributed by atoms with Crippen LogP contribution in [0.4, 0.5) is 0 Å². The van der Waals surface area contributed by atoms with E-state index in [1.54, 1.807) is 30.0 Å². The third-order valence-electron chi connectivity index (χ3n) is 7.25. The van der Waals surface area contributed by atoms with Crippen LogP contribution in [0.25, 0.3) is 0 Å². The first-order valence-electron chi connectivity index (χ1n) is 11.8. The van der Waals surface area contributed by atoms with Crippen molar-refractivity contribution in [2.24, 2.45) is 5.92 Å². The van der Waals surface area contributed by atoms with Gasteiger partial charge in [-0.1, -0.05) is 17.7 Å². The Morgan fingerprint density at radius 2 is 2.00 bits per heavy atom. The molecule has 3 amide bonds. The number of piperazine rings is 1. The zero-order valence-corrected chi connectivity index (χ0v) is 20.2. The molecule has 0 spiro atoms. The molecule has 3 atom stereocenters. The van der Waals surface area contributed by atoms with Crippen molar-refractivity contribution in [3.05, 3.63) is 34.3 Å². The first-order chi connectivity index (χ1) is 16.4. The fourth-order valence-corrected chi connectivity index (χ4v) is 5.51. The molecule has 9 nitrogen and oxygen atoms in total. The maximum atomic E-state index is 13.2. The number of benzene rings is 1. The predicted octanol–water partition coefficient (Wildman–Crippen LogP) is 0.919. The summed E-state index contributed by atoms with van der Waals surface area (Å²) >= 11 is 6.06. The number of amides is 3. The summed E-state index contributed by atoms with van der Waals surface area (Å²) in [5.41, 5.74) is 1.18. The minimum Gasteiger partial charge on any atom is -0.350 e. The van der Waals surface area contributed by atoms with Crippen LogP contribution >= 0.6 is 11.6 Å². The van der Waals surface area contributed by atoms with Crippen molar-refractivity contribution in [3.63, 3.8) is 0 Å². The molecule has 0 bridgehead atoms. The quantitative estimate of drug-likeness (QED) is 0.640. The highest BCUT2D eigenvalue weighted by molar-refractivity contribution is 6.31. The molecule has 1 aromatic carbocycles. The van der Waals surface area contributed by atoms with Crippen LogP contribution in [0.15, 0.2) is 18.2 Å². The van der Waals surface area contributed by atoms with Crippen LogP contribution in [0.5, 0.6) is 0 Å². The second-order valence-electron chi connectivity index (χ2n) is 9.32. The topological polar surface area (TPSA) is 109 Å². The van der Waals surface area contributed by atoms with Gasteiger partial charge in [-0.25, -0.2) is 0 Å². The summed E-state index contributed by atoms with van der Waals surface area (Å²) in [6.07, 6.45) is 2.75. The molecule has 2 N–H and O–H groups in total. The first-order valence-corrected chi connectivity index (χ1v) is 12.2. The third kappa shape index (κ3) is 5.52. The van der Waals surface area contributed by atoms with E-state index >= 15 is 0 Å². The Kier molecular flexibility index (Phi) is 7.71. The number of nitrogens with one attached hydrogen (secondary N) is 2. The summed E-state index contributed by atoms with van der Waals surface area (Å²) in [5.74, 6) is -0.219. The van der Waals surface area contributed by atoms with Crippen LogP contribution in [0, 0.1) is 17.2 Å². The predicted molar refractivity (Wildman–Crippen MR) is 126 cm³/mol. The van der Waals surface area contributed by atoms with E-state index < -0.39 is 0 Å². The van der Waals surface area contributed by atoms with E-state index in [2.05, 4.69) is 15.5 Å². The lowest BCUT2D eigenvalue weighted by atomic mass is 9.79. The monoisotopic (exact) mass is 486 g/mol. The normalized spacial score (nSPS) is 25.4. The van der Waals surface area contributed by atoms with Gasteiger partial charge in [0.15, 0.2) is 0 Å². The van der Waals surface area contributed by atoms with Gasteiger partial charge in [0.25, 0.3) is 0 Å². The zero-order chi connectivity index (χ0) is 24.2. The summed E-state index contributed by atoms with van der Waals surface area (Å²) in [4.78, 5) is 43.3. The molecule has 0 radical (unpaired) electrons. The Bertz CT molecular complexity index is 987. The fraction of sp³-hybridized carbons (Fsp3) is 0.583. The molecule has 2 saturated heterocycles. The first kappa shape index (κ1) is 24.5. The Morgan fingerprint density at radius 3 is 2.68 bits per heavy atom. The van der Waals surface area contributed by atoms with Gasteiger partial charge in [-0.2, -0.15) is 5.26 Å². The van der Waals surface area contributed by atoms with Crippen LogP contribution in [-0.2, 0) is 20.9 Å². The average molecular weight is 487 g/mol. The number of hydrogen-bond acceptors (Lipinski definition) is 6. The summed E-state index contributed by atoms with van der Waals surface area (Å²) in [6.45, 7) is 5.42. The second-order valence-corrected chi connectivity index (χ2v) is 9.73. The molecule has 3 unspecified atom stereocenters. The smallest absolute Gasteiger partial charge is 0.239 e. The minimum atomic E-state index is -0.234. The zero-order valence-electron chi connectivity index (χ0n) is 19.4. The van der Waals surface area contributed by atoms with Gasteiger partial charge < -0.3 is 15.1 Å². The number of fused-ring (bicyclic) bond motifs is 1. The minimum absolute atomic E-state index is 0.00101. The molecule has 3 fully saturated rings. The number of carbonyl (C=O) groups excluding carboxylic acids is 3. The second kappa shape index (κ2) is 10.7. The van der Waals surface area contributed by atoms with Crippen LogP contribution in [0.2, 0.25) is 5.02 Å². The number of rotatable bonds is 5. The van der Waals surface area contributed by atoms with Gasteiger partial charge in [-0.3, -0.25) is 24.6 Å². The van der Waals surface area contributed by atoms with Crippen LogP contribution in [0.1, 0.15) is 37.3 Å². The van der Waals surface area contributed by atoms with Gasteiger partial charge in [0.2, 0.25) is 17.7 Å². The van der Waals surface area contributed by atoms with E-state index in [1.807, 2.05) is 11.0 Å². The van der Waals surface area contributed by atoms with E-state index in [1.165, 1.54) is 0 Å². The Balaban J connectivity index is 1.28. The summed E-state index contributed by atoms with van der Waals surface area (Å²) in [6, 6.07) is 7.54. The van der Waals surface area contributed by atoms with E-state index in [0.29, 0.717) is 23.3 Å². The van der Waals surface area contributed by atoms with Crippen molar-refractivity contribution in [2.75, 3.05) is 39.4 Å². The molecular weight excluding hydrogens is 456 g/mol. The number of halogens is 1. The lowest BCUT2D eigenvalue weighted by Gasteiger charge is -2.47. The maximum absolute atomic E-state index is 13.2. The van der Waals surface area contributed by atoms with Gasteiger partial charge in [0, 0.05) is 51.7 Å². The molecule has 3 aliphatic rings. The van der Waals surface area contributed by atoms with Gasteiger partial charge >= 0.3 is 0 Å². The highest BCUT2D eigenvalue weighted by Gasteiger charge is 2.42. The number of hydrogen-bond donors (Lipinski definition) is 2. The van der Waals surface area contributed by atoms with Gasteiger partial charge in [0.1, 0.15) is 12.6 Å². The molecule has 0 aromatic heterocycles. The largest absolute Gasteiger partial charge is 0.350 e. The Labute approximate surface area is 205 Å². The number of nitrogens with zero attached hydrogens (tertiary/aromatic N) is 4. The van der Waals surface area contributed by atoms with Crippen molar-refractivity contribution >= 4 is 29.3 Å². The fourth-order valence-electron chi connectivity index (χ4n) is 5.26. The standard InChI is InChI=1S/C24H31ClN6O3/c1-16(32)29-6-8-30(9-7-29)19-4-5-22-20(11-19)24(34)31(15-28-22)14-23(33)27-13-17-2-3-18(12-26)21(25)10-17/h2-3,10,19-20,22,28H,4-9,11,13-15H2,1H3,(H,27,33). The third-order valence-corrected chi connectivity index (χ3v) is 7.56. The van der Waals surface area contributed by atoms with E-state index in [-0.39, 0.29) is 42.8 Å². The lowest BCUT2D eigenvalue weighted by Crippen LogP contribution is -2.62. The summed E-state index contributed by atoms with van der Waals surface area (Å²) < 4.78 is 0. The maximum Gasteiger partial charge on any atom is 0.239 e. The van der Waals surface area contributed by atoms with Crippen LogP contribution in [-0.4, -0.2) is 83.9 Å². The molecule has 2 aliphatic heterocycles.